The molecule has 0 aromatic heterocycles. The molecule has 0 saturated carbocycles. The average molecular weight is 211 g/mol. The van der Waals surface area contributed by atoms with E-state index in [4.69, 9.17) is 10.5 Å². The first-order valence-corrected chi connectivity index (χ1v) is 5.07. The van der Waals surface area contributed by atoms with Gasteiger partial charge in [0.05, 0.1) is 12.3 Å². The maximum absolute atomic E-state index is 13.3. The topological polar surface area (TPSA) is 35.2 Å². The Labute approximate surface area is 90.2 Å². The monoisotopic (exact) mass is 211 g/mol. The van der Waals surface area contributed by atoms with E-state index in [1.54, 1.807) is 12.1 Å². The molecular weight excluding hydrogens is 193 g/mol. The SMILES string of the molecule is CC(C)(C)CCOc1c(N)cccc1F. The second kappa shape index (κ2) is 4.51. The predicted molar refractivity (Wildman–Crippen MR) is 60.4 cm³/mol. The van der Waals surface area contributed by atoms with Crippen LogP contribution in [0, 0.1) is 11.2 Å². The molecule has 3 heteroatoms. The van der Waals surface area contributed by atoms with Crippen LogP contribution in [0.15, 0.2) is 18.2 Å². The van der Waals surface area contributed by atoms with Crippen molar-refractivity contribution < 1.29 is 9.13 Å². The summed E-state index contributed by atoms with van der Waals surface area (Å²) in [5.41, 5.74) is 6.14. The first-order valence-electron chi connectivity index (χ1n) is 5.07. The zero-order valence-corrected chi connectivity index (χ0v) is 9.51. The Morgan fingerprint density at radius 3 is 2.53 bits per heavy atom. The summed E-state index contributed by atoms with van der Waals surface area (Å²) in [7, 11) is 0. The van der Waals surface area contributed by atoms with E-state index < -0.39 is 5.82 Å². The number of nitrogens with two attached hydrogens (primary N) is 1. The highest BCUT2D eigenvalue weighted by Gasteiger charge is 2.12. The van der Waals surface area contributed by atoms with E-state index in [2.05, 4.69) is 20.8 Å². The smallest absolute Gasteiger partial charge is 0.177 e. The van der Waals surface area contributed by atoms with Gasteiger partial charge in [0.15, 0.2) is 11.6 Å². The predicted octanol–water partition coefficient (Wildman–Crippen LogP) is 3.22. The lowest BCUT2D eigenvalue weighted by Crippen LogP contribution is -2.12. The fraction of sp³-hybridized carbons (Fsp3) is 0.500. The van der Waals surface area contributed by atoms with Gasteiger partial charge in [-0.3, -0.25) is 0 Å². The normalized spacial score (nSPS) is 11.5. The van der Waals surface area contributed by atoms with Crippen molar-refractivity contribution in [3.8, 4) is 5.75 Å². The number of anilines is 1. The number of para-hydroxylation sites is 1. The van der Waals surface area contributed by atoms with E-state index in [1.807, 2.05) is 0 Å². The van der Waals surface area contributed by atoms with Crippen molar-refractivity contribution >= 4 is 5.69 Å². The second-order valence-electron chi connectivity index (χ2n) is 4.82. The van der Waals surface area contributed by atoms with Crippen LogP contribution in [0.25, 0.3) is 0 Å². The van der Waals surface area contributed by atoms with Crippen LogP contribution in [0.5, 0.6) is 5.75 Å². The lowest BCUT2D eigenvalue weighted by atomic mass is 9.93. The van der Waals surface area contributed by atoms with Crippen LogP contribution in [-0.2, 0) is 0 Å². The molecule has 0 unspecified atom stereocenters. The van der Waals surface area contributed by atoms with Crippen LogP contribution in [0.4, 0.5) is 10.1 Å². The fourth-order valence-electron chi connectivity index (χ4n) is 1.14. The first-order chi connectivity index (χ1) is 6.90. The molecule has 0 atom stereocenters. The lowest BCUT2D eigenvalue weighted by Gasteiger charge is -2.18. The molecular formula is C12H18FNO. The molecule has 0 aliphatic rings. The van der Waals surface area contributed by atoms with Gasteiger partial charge in [-0.05, 0) is 24.0 Å². The number of ether oxygens (including phenoxy) is 1. The Morgan fingerprint density at radius 1 is 1.33 bits per heavy atom. The lowest BCUT2D eigenvalue weighted by molar-refractivity contribution is 0.236. The van der Waals surface area contributed by atoms with Gasteiger partial charge < -0.3 is 10.5 Å². The van der Waals surface area contributed by atoms with E-state index in [-0.39, 0.29) is 11.2 Å². The van der Waals surface area contributed by atoms with Crippen LogP contribution in [0.2, 0.25) is 0 Å². The second-order valence-corrected chi connectivity index (χ2v) is 4.82. The van der Waals surface area contributed by atoms with Gasteiger partial charge in [-0.1, -0.05) is 26.8 Å². The molecule has 0 heterocycles. The summed E-state index contributed by atoms with van der Waals surface area (Å²) in [5, 5.41) is 0. The molecule has 0 saturated heterocycles. The van der Waals surface area contributed by atoms with Gasteiger partial charge in [-0.2, -0.15) is 0 Å². The quantitative estimate of drug-likeness (QED) is 0.779. The van der Waals surface area contributed by atoms with Crippen molar-refractivity contribution in [2.45, 2.75) is 27.2 Å². The van der Waals surface area contributed by atoms with Crippen LogP contribution in [0.3, 0.4) is 0 Å². The molecule has 15 heavy (non-hydrogen) atoms. The molecule has 0 aliphatic carbocycles. The van der Waals surface area contributed by atoms with E-state index in [0.717, 1.165) is 6.42 Å². The minimum Gasteiger partial charge on any atom is -0.488 e. The molecule has 1 aromatic rings. The van der Waals surface area contributed by atoms with Crippen molar-refractivity contribution in [1.82, 2.24) is 0 Å². The Balaban J connectivity index is 2.58. The maximum Gasteiger partial charge on any atom is 0.177 e. The highest BCUT2D eigenvalue weighted by atomic mass is 19.1. The molecule has 0 amide bonds. The fourth-order valence-corrected chi connectivity index (χ4v) is 1.14. The van der Waals surface area contributed by atoms with Crippen LogP contribution >= 0.6 is 0 Å². The summed E-state index contributed by atoms with van der Waals surface area (Å²) in [6, 6.07) is 4.56. The summed E-state index contributed by atoms with van der Waals surface area (Å²) in [6.45, 7) is 6.82. The van der Waals surface area contributed by atoms with Crippen molar-refractivity contribution in [1.29, 1.82) is 0 Å². The molecule has 0 fully saturated rings. The zero-order chi connectivity index (χ0) is 11.5. The molecule has 1 aromatic carbocycles. The highest BCUT2D eigenvalue weighted by Crippen LogP contribution is 2.26. The molecule has 0 aliphatic heterocycles. The summed E-state index contributed by atoms with van der Waals surface area (Å²) in [5.74, 6) is -0.231. The van der Waals surface area contributed by atoms with Crippen molar-refractivity contribution in [2.75, 3.05) is 12.3 Å². The van der Waals surface area contributed by atoms with E-state index in [1.165, 1.54) is 6.07 Å². The van der Waals surface area contributed by atoms with Crippen molar-refractivity contribution in [2.24, 2.45) is 5.41 Å². The number of hydrogen-bond donors (Lipinski definition) is 1. The Hall–Kier alpha value is -1.25. The molecule has 1 rings (SSSR count). The molecule has 0 bridgehead atoms. The Morgan fingerprint density at radius 2 is 2.00 bits per heavy atom. The standard InChI is InChI=1S/C12H18FNO/c1-12(2,3)7-8-15-11-9(13)5-4-6-10(11)14/h4-6H,7-8,14H2,1-3H3. The molecule has 84 valence electrons. The Kier molecular flexibility index (Phi) is 3.56. The van der Waals surface area contributed by atoms with Gasteiger partial charge in [0.2, 0.25) is 0 Å². The minimum absolute atomic E-state index is 0.168. The molecule has 2 N–H and O–H groups in total. The van der Waals surface area contributed by atoms with Crippen LogP contribution in [0.1, 0.15) is 27.2 Å². The van der Waals surface area contributed by atoms with Crippen molar-refractivity contribution in [3.05, 3.63) is 24.0 Å². The summed E-state index contributed by atoms with van der Waals surface area (Å²) >= 11 is 0. The highest BCUT2D eigenvalue weighted by molar-refractivity contribution is 5.52. The maximum atomic E-state index is 13.3. The summed E-state index contributed by atoms with van der Waals surface area (Å²) in [6.07, 6.45) is 0.862. The van der Waals surface area contributed by atoms with Gasteiger partial charge in [-0.15, -0.1) is 0 Å². The molecule has 0 radical (unpaired) electrons. The molecule has 0 spiro atoms. The third-order valence-electron chi connectivity index (χ3n) is 2.10. The van der Waals surface area contributed by atoms with Gasteiger partial charge >= 0.3 is 0 Å². The number of rotatable bonds is 3. The van der Waals surface area contributed by atoms with Gasteiger partial charge in [0.1, 0.15) is 0 Å². The number of nitrogen functional groups attached to an aromatic ring is 1. The first kappa shape index (κ1) is 11.8. The van der Waals surface area contributed by atoms with Gasteiger partial charge in [0.25, 0.3) is 0 Å². The third-order valence-corrected chi connectivity index (χ3v) is 2.10. The largest absolute Gasteiger partial charge is 0.488 e. The van der Waals surface area contributed by atoms with E-state index in [9.17, 15) is 4.39 Å². The van der Waals surface area contributed by atoms with Crippen LogP contribution < -0.4 is 10.5 Å². The number of hydrogen-bond acceptors (Lipinski definition) is 2. The summed E-state index contributed by atoms with van der Waals surface area (Å²) < 4.78 is 18.6. The van der Waals surface area contributed by atoms with E-state index >= 15 is 0 Å². The molecule has 2 nitrogen and oxygen atoms in total. The third kappa shape index (κ3) is 3.78. The number of halogens is 1. The zero-order valence-electron chi connectivity index (χ0n) is 9.51. The number of benzene rings is 1. The van der Waals surface area contributed by atoms with Crippen LogP contribution in [-0.4, -0.2) is 6.61 Å². The van der Waals surface area contributed by atoms with E-state index in [0.29, 0.717) is 12.3 Å². The Bertz CT molecular complexity index is 311. The summed E-state index contributed by atoms with van der Waals surface area (Å²) in [4.78, 5) is 0. The van der Waals surface area contributed by atoms with Gasteiger partial charge in [-0.25, -0.2) is 4.39 Å². The van der Waals surface area contributed by atoms with Crippen molar-refractivity contribution in [3.63, 3.8) is 0 Å². The average Bonchev–Trinajstić information content (AvgIpc) is 2.08. The van der Waals surface area contributed by atoms with Gasteiger partial charge in [0, 0.05) is 0 Å². The minimum atomic E-state index is -0.399.